The third kappa shape index (κ3) is 9.04. The molecular formula is C27H41N5O6. The van der Waals surface area contributed by atoms with E-state index in [-0.39, 0.29) is 30.0 Å². The van der Waals surface area contributed by atoms with Crippen molar-refractivity contribution in [3.05, 3.63) is 41.7 Å². The van der Waals surface area contributed by atoms with Crippen molar-refractivity contribution in [2.24, 2.45) is 5.92 Å². The van der Waals surface area contributed by atoms with Crippen LogP contribution >= 0.6 is 0 Å². The molecule has 2 aromatic rings. The van der Waals surface area contributed by atoms with Crippen LogP contribution in [0.3, 0.4) is 0 Å². The minimum Gasteiger partial charge on any atom is -0.467 e. The van der Waals surface area contributed by atoms with Gasteiger partial charge in [-0.05, 0) is 38.8 Å². The fourth-order valence-electron chi connectivity index (χ4n) is 3.47. The van der Waals surface area contributed by atoms with Crippen molar-refractivity contribution >= 4 is 23.8 Å². The number of amides is 2. The van der Waals surface area contributed by atoms with Gasteiger partial charge >= 0.3 is 12.1 Å². The van der Waals surface area contributed by atoms with Gasteiger partial charge in [-0.2, -0.15) is 0 Å². The van der Waals surface area contributed by atoms with Crippen molar-refractivity contribution < 1.29 is 28.3 Å². The number of methoxy groups -OCH3 is 1. The van der Waals surface area contributed by atoms with Gasteiger partial charge in [-0.25, -0.2) is 19.6 Å². The molecule has 2 heterocycles. The second-order valence-electron chi connectivity index (χ2n) is 11.4. The predicted molar refractivity (Wildman–Crippen MR) is 143 cm³/mol. The summed E-state index contributed by atoms with van der Waals surface area (Å²) in [5, 5.41) is 5.76. The van der Waals surface area contributed by atoms with Crippen LogP contribution in [0.5, 0.6) is 0 Å². The zero-order valence-electron chi connectivity index (χ0n) is 23.9. The molecule has 0 unspecified atom stereocenters. The van der Waals surface area contributed by atoms with E-state index in [0.717, 1.165) is 0 Å². The number of furan rings is 1. The van der Waals surface area contributed by atoms with Crippen LogP contribution < -0.4 is 10.6 Å². The molecule has 2 aromatic heterocycles. The van der Waals surface area contributed by atoms with Gasteiger partial charge in [0.25, 0.3) is 5.91 Å². The van der Waals surface area contributed by atoms with Gasteiger partial charge in [-0.15, -0.1) is 0 Å². The average molecular weight is 532 g/mol. The van der Waals surface area contributed by atoms with Gasteiger partial charge in [0.05, 0.1) is 26.5 Å². The molecule has 1 atom stereocenters. The van der Waals surface area contributed by atoms with E-state index >= 15 is 0 Å². The normalized spacial score (nSPS) is 12.6. The molecular weight excluding hydrogens is 490 g/mol. The molecule has 0 radical (unpaired) electrons. The third-order valence-corrected chi connectivity index (χ3v) is 5.21. The topological polar surface area (TPSA) is 136 Å². The SMILES string of the molecule is COC(=O)[C@H](CNC(=O)OC(C)(C)C)N(CC(C)C)C(=O)c1cnc(C(C)(C)C)nc1NCc1ccco1. The monoisotopic (exact) mass is 531 g/mol. The number of carbonyl (C=O) groups excluding carboxylic acids is 3. The summed E-state index contributed by atoms with van der Waals surface area (Å²) in [5.74, 6) is 0.357. The molecule has 0 saturated heterocycles. The number of hydrogen-bond acceptors (Lipinski definition) is 9. The number of nitrogens with one attached hydrogen (secondary N) is 2. The van der Waals surface area contributed by atoms with E-state index in [4.69, 9.17) is 13.9 Å². The number of carbonyl (C=O) groups is 3. The molecule has 2 N–H and O–H groups in total. The molecule has 0 spiro atoms. The van der Waals surface area contributed by atoms with Crippen molar-refractivity contribution in [1.82, 2.24) is 20.2 Å². The zero-order valence-corrected chi connectivity index (χ0v) is 23.9. The van der Waals surface area contributed by atoms with Crippen LogP contribution in [-0.4, -0.2) is 64.7 Å². The lowest BCUT2D eigenvalue weighted by atomic mass is 9.95. The third-order valence-electron chi connectivity index (χ3n) is 5.21. The van der Waals surface area contributed by atoms with Crippen molar-refractivity contribution in [3.8, 4) is 0 Å². The van der Waals surface area contributed by atoms with Crippen LogP contribution in [-0.2, 0) is 26.2 Å². The maximum atomic E-state index is 14.0. The summed E-state index contributed by atoms with van der Waals surface area (Å²) >= 11 is 0. The van der Waals surface area contributed by atoms with Crippen molar-refractivity contribution in [1.29, 1.82) is 0 Å². The first-order valence-corrected chi connectivity index (χ1v) is 12.6. The Morgan fingerprint density at radius 1 is 1.13 bits per heavy atom. The Balaban J connectivity index is 2.46. The van der Waals surface area contributed by atoms with E-state index in [1.54, 1.807) is 39.2 Å². The molecule has 11 heteroatoms. The van der Waals surface area contributed by atoms with E-state index in [1.807, 2.05) is 34.6 Å². The van der Waals surface area contributed by atoms with Gasteiger partial charge in [0, 0.05) is 18.2 Å². The maximum Gasteiger partial charge on any atom is 0.407 e. The number of nitrogens with zero attached hydrogens (tertiary/aromatic N) is 3. The number of hydrogen-bond donors (Lipinski definition) is 2. The van der Waals surface area contributed by atoms with E-state index in [1.165, 1.54) is 18.2 Å². The highest BCUT2D eigenvalue weighted by atomic mass is 16.6. The van der Waals surface area contributed by atoms with Gasteiger partial charge in [0.1, 0.15) is 34.6 Å². The Kier molecular flexibility index (Phi) is 10.3. The highest BCUT2D eigenvalue weighted by Crippen LogP contribution is 2.24. The van der Waals surface area contributed by atoms with Crippen molar-refractivity contribution in [2.45, 2.75) is 79.0 Å². The lowest BCUT2D eigenvalue weighted by molar-refractivity contribution is -0.146. The molecule has 38 heavy (non-hydrogen) atoms. The second kappa shape index (κ2) is 12.7. The van der Waals surface area contributed by atoms with Crippen LogP contribution in [0.2, 0.25) is 0 Å². The highest BCUT2D eigenvalue weighted by Gasteiger charge is 2.34. The molecule has 0 saturated carbocycles. The number of ether oxygens (including phenoxy) is 2. The van der Waals surface area contributed by atoms with E-state index in [0.29, 0.717) is 23.9 Å². The molecule has 0 aliphatic heterocycles. The van der Waals surface area contributed by atoms with Crippen LogP contribution in [0.25, 0.3) is 0 Å². The number of esters is 1. The predicted octanol–water partition coefficient (Wildman–Crippen LogP) is 4.14. The number of anilines is 1. The summed E-state index contributed by atoms with van der Waals surface area (Å²) in [6, 6.07) is 2.47. The van der Waals surface area contributed by atoms with Crippen LogP contribution in [0, 0.1) is 5.92 Å². The summed E-state index contributed by atoms with van der Waals surface area (Å²) in [6.07, 6.45) is 2.32. The van der Waals surface area contributed by atoms with Crippen LogP contribution in [0.1, 0.15) is 77.3 Å². The highest BCUT2D eigenvalue weighted by molar-refractivity contribution is 6.00. The Morgan fingerprint density at radius 3 is 2.34 bits per heavy atom. The Labute approximate surface area is 224 Å². The smallest absolute Gasteiger partial charge is 0.407 e. The van der Waals surface area contributed by atoms with Crippen LogP contribution in [0.15, 0.2) is 29.0 Å². The molecule has 11 nitrogen and oxygen atoms in total. The fourth-order valence-corrected chi connectivity index (χ4v) is 3.47. The van der Waals surface area contributed by atoms with Crippen molar-refractivity contribution in [3.63, 3.8) is 0 Å². The van der Waals surface area contributed by atoms with E-state index in [2.05, 4.69) is 20.6 Å². The van der Waals surface area contributed by atoms with Gasteiger partial charge in [-0.3, -0.25) is 4.79 Å². The molecule has 0 aliphatic rings. The van der Waals surface area contributed by atoms with Crippen molar-refractivity contribution in [2.75, 3.05) is 25.5 Å². The molecule has 0 aliphatic carbocycles. The summed E-state index contributed by atoms with van der Waals surface area (Å²) in [4.78, 5) is 49.6. The molecule has 0 fully saturated rings. The van der Waals surface area contributed by atoms with Gasteiger partial charge < -0.3 is 29.4 Å². The Hall–Kier alpha value is -3.63. The summed E-state index contributed by atoms with van der Waals surface area (Å²) in [5.41, 5.74) is -0.915. The number of alkyl carbamates (subject to hydrolysis) is 1. The van der Waals surface area contributed by atoms with Crippen LogP contribution in [0.4, 0.5) is 10.6 Å². The summed E-state index contributed by atoms with van der Waals surface area (Å²) < 4.78 is 15.7. The molecule has 2 rings (SSSR count). The molecule has 0 aromatic carbocycles. The number of rotatable bonds is 10. The second-order valence-corrected chi connectivity index (χ2v) is 11.4. The van der Waals surface area contributed by atoms with Gasteiger partial charge in [-0.1, -0.05) is 34.6 Å². The summed E-state index contributed by atoms with van der Waals surface area (Å²) in [7, 11) is 1.23. The first-order chi connectivity index (χ1) is 17.6. The lowest BCUT2D eigenvalue weighted by Crippen LogP contribution is -2.53. The van der Waals surface area contributed by atoms with Gasteiger partial charge in [0.2, 0.25) is 0 Å². The quantitative estimate of drug-likeness (QED) is 0.433. The standard InChI is InChI=1S/C27H41N5O6/c1-17(2)16-32(20(23(34)36-9)15-30-25(35)38-27(6,7)8)22(33)19-14-29-24(26(3,4)5)31-21(19)28-13-18-11-10-12-37-18/h10-12,14,17,20H,13,15-16H2,1-9H3,(H,30,35)(H,28,29,31)/t20-/m0/s1. The molecule has 210 valence electrons. The minimum absolute atomic E-state index is 0.00178. The largest absolute Gasteiger partial charge is 0.467 e. The zero-order chi connectivity index (χ0) is 28.7. The molecule has 2 amide bonds. The van der Waals surface area contributed by atoms with E-state index in [9.17, 15) is 14.4 Å². The maximum absolute atomic E-state index is 14.0. The summed E-state index contributed by atoms with van der Waals surface area (Å²) in [6.45, 7) is 15.3. The fraction of sp³-hybridized carbons (Fsp3) is 0.593. The lowest BCUT2D eigenvalue weighted by Gasteiger charge is -2.32. The van der Waals surface area contributed by atoms with Gasteiger partial charge in [0.15, 0.2) is 0 Å². The molecule has 0 bridgehead atoms. The first-order valence-electron chi connectivity index (χ1n) is 12.6. The Morgan fingerprint density at radius 2 is 1.82 bits per heavy atom. The average Bonchev–Trinajstić information content (AvgIpc) is 3.33. The Bertz CT molecular complexity index is 1090. The van der Waals surface area contributed by atoms with E-state index < -0.39 is 29.6 Å². The number of aromatic nitrogens is 2. The minimum atomic E-state index is -1.11. The first kappa shape index (κ1) is 30.6.